The summed E-state index contributed by atoms with van der Waals surface area (Å²) in [5.41, 5.74) is 3.03. The summed E-state index contributed by atoms with van der Waals surface area (Å²) >= 11 is 0. The molecular formula is C18H21N5. The van der Waals surface area contributed by atoms with E-state index in [1.165, 1.54) is 0 Å². The molecule has 118 valence electrons. The maximum atomic E-state index is 4.76. The summed E-state index contributed by atoms with van der Waals surface area (Å²) in [4.78, 5) is 9.57. The average Bonchev–Trinajstić information content (AvgIpc) is 3.06. The molecule has 1 saturated heterocycles. The highest BCUT2D eigenvalue weighted by Crippen LogP contribution is 2.25. The van der Waals surface area contributed by atoms with Crippen LogP contribution < -0.4 is 4.90 Å². The molecule has 1 aromatic carbocycles. The molecule has 5 heteroatoms. The molecule has 2 aromatic heterocycles. The number of rotatable bonds is 2. The molecule has 1 atom stereocenters. The topological polar surface area (TPSA) is 36.7 Å². The highest BCUT2D eigenvalue weighted by molar-refractivity contribution is 5.66. The first-order valence-electron chi connectivity index (χ1n) is 8.08. The molecule has 1 aliphatic rings. The average molecular weight is 307 g/mol. The molecule has 1 aliphatic heterocycles. The van der Waals surface area contributed by atoms with Crippen LogP contribution in [0.25, 0.3) is 16.9 Å². The minimum atomic E-state index is 0.530. The zero-order valence-corrected chi connectivity index (χ0v) is 13.6. The Morgan fingerprint density at radius 1 is 1.09 bits per heavy atom. The number of nitrogens with zero attached hydrogens (tertiary/aromatic N) is 5. The van der Waals surface area contributed by atoms with Gasteiger partial charge < -0.3 is 9.80 Å². The SMILES string of the molecule is CC1CN(c2cc(-c3ccccc3)nc3ccnn23)CCN1C. The Bertz CT molecular complexity index is 811. The van der Waals surface area contributed by atoms with Gasteiger partial charge in [0, 0.05) is 43.4 Å². The number of anilines is 1. The van der Waals surface area contributed by atoms with E-state index in [1.807, 2.05) is 22.8 Å². The maximum absolute atomic E-state index is 4.76. The smallest absolute Gasteiger partial charge is 0.157 e. The predicted molar refractivity (Wildman–Crippen MR) is 92.7 cm³/mol. The first kappa shape index (κ1) is 14.2. The fraction of sp³-hybridized carbons (Fsp3) is 0.333. The molecule has 1 fully saturated rings. The van der Waals surface area contributed by atoms with Crippen molar-refractivity contribution in [1.82, 2.24) is 19.5 Å². The first-order valence-corrected chi connectivity index (χ1v) is 8.08. The van der Waals surface area contributed by atoms with Crippen molar-refractivity contribution < 1.29 is 0 Å². The summed E-state index contributed by atoms with van der Waals surface area (Å²) in [6, 6.07) is 15.0. The molecule has 23 heavy (non-hydrogen) atoms. The number of benzene rings is 1. The van der Waals surface area contributed by atoms with Gasteiger partial charge in [-0.1, -0.05) is 30.3 Å². The lowest BCUT2D eigenvalue weighted by atomic mass is 10.1. The molecule has 0 amide bonds. The van der Waals surface area contributed by atoms with Crippen LogP contribution >= 0.6 is 0 Å². The molecular weight excluding hydrogens is 286 g/mol. The summed E-state index contributed by atoms with van der Waals surface area (Å²) < 4.78 is 1.95. The van der Waals surface area contributed by atoms with Gasteiger partial charge in [0.05, 0.1) is 11.9 Å². The van der Waals surface area contributed by atoms with Crippen LogP contribution in [-0.2, 0) is 0 Å². The number of hydrogen-bond donors (Lipinski definition) is 0. The lowest BCUT2D eigenvalue weighted by Gasteiger charge is -2.38. The zero-order chi connectivity index (χ0) is 15.8. The molecule has 0 radical (unpaired) electrons. The van der Waals surface area contributed by atoms with Crippen LogP contribution in [0, 0.1) is 0 Å². The van der Waals surface area contributed by atoms with Crippen molar-refractivity contribution in [2.45, 2.75) is 13.0 Å². The number of fused-ring (bicyclic) bond motifs is 1. The van der Waals surface area contributed by atoms with Crippen molar-refractivity contribution in [3.63, 3.8) is 0 Å². The van der Waals surface area contributed by atoms with E-state index in [0.29, 0.717) is 6.04 Å². The highest BCUT2D eigenvalue weighted by atomic mass is 15.4. The van der Waals surface area contributed by atoms with Crippen LogP contribution in [0.1, 0.15) is 6.92 Å². The van der Waals surface area contributed by atoms with Crippen molar-refractivity contribution in [1.29, 1.82) is 0 Å². The molecule has 4 rings (SSSR count). The Kier molecular flexibility index (Phi) is 3.50. The molecule has 0 bridgehead atoms. The quantitative estimate of drug-likeness (QED) is 0.729. The van der Waals surface area contributed by atoms with E-state index in [2.05, 4.69) is 59.2 Å². The van der Waals surface area contributed by atoms with E-state index in [9.17, 15) is 0 Å². The van der Waals surface area contributed by atoms with Gasteiger partial charge in [-0.05, 0) is 14.0 Å². The van der Waals surface area contributed by atoms with Crippen LogP contribution in [0.5, 0.6) is 0 Å². The Labute approximate surface area is 136 Å². The van der Waals surface area contributed by atoms with Gasteiger partial charge in [-0.2, -0.15) is 9.61 Å². The van der Waals surface area contributed by atoms with Crippen LogP contribution in [0.4, 0.5) is 5.82 Å². The summed E-state index contributed by atoms with van der Waals surface area (Å²) in [6.45, 7) is 5.34. The highest BCUT2D eigenvalue weighted by Gasteiger charge is 2.23. The molecule has 3 heterocycles. The lowest BCUT2D eigenvalue weighted by Crippen LogP contribution is -2.50. The van der Waals surface area contributed by atoms with Crippen molar-refractivity contribution in [2.75, 3.05) is 31.6 Å². The zero-order valence-electron chi connectivity index (χ0n) is 13.6. The van der Waals surface area contributed by atoms with Crippen molar-refractivity contribution in [3.05, 3.63) is 48.7 Å². The maximum Gasteiger partial charge on any atom is 0.157 e. The molecule has 0 spiro atoms. The third-order valence-corrected chi connectivity index (χ3v) is 4.69. The molecule has 1 unspecified atom stereocenters. The normalized spacial score (nSPS) is 19.4. The van der Waals surface area contributed by atoms with Crippen LogP contribution in [-0.4, -0.2) is 52.2 Å². The summed E-state index contributed by atoms with van der Waals surface area (Å²) in [5, 5.41) is 4.47. The second-order valence-corrected chi connectivity index (χ2v) is 6.24. The number of hydrogen-bond acceptors (Lipinski definition) is 4. The minimum Gasteiger partial charge on any atom is -0.354 e. The standard InChI is InChI=1S/C18H21N5/c1-14-13-22(11-10-21(14)2)18-12-16(15-6-4-3-5-7-15)20-17-8-9-19-23(17)18/h3-9,12,14H,10-11,13H2,1-2H3. The summed E-state index contributed by atoms with van der Waals surface area (Å²) in [7, 11) is 2.19. The molecule has 0 aliphatic carbocycles. The molecule has 3 aromatic rings. The largest absolute Gasteiger partial charge is 0.354 e. The van der Waals surface area contributed by atoms with E-state index in [-0.39, 0.29) is 0 Å². The number of aromatic nitrogens is 3. The number of likely N-dealkylation sites (N-methyl/N-ethyl adjacent to an activating group) is 1. The third-order valence-electron chi connectivity index (χ3n) is 4.69. The Morgan fingerprint density at radius 3 is 2.70 bits per heavy atom. The van der Waals surface area contributed by atoms with Gasteiger partial charge in [-0.25, -0.2) is 4.98 Å². The van der Waals surface area contributed by atoms with E-state index in [1.54, 1.807) is 0 Å². The monoisotopic (exact) mass is 307 g/mol. The van der Waals surface area contributed by atoms with Gasteiger partial charge in [0.15, 0.2) is 5.65 Å². The van der Waals surface area contributed by atoms with E-state index in [4.69, 9.17) is 4.98 Å². The van der Waals surface area contributed by atoms with Gasteiger partial charge in [0.2, 0.25) is 0 Å². The summed E-state index contributed by atoms with van der Waals surface area (Å²) in [5.74, 6) is 1.12. The Balaban J connectivity index is 1.81. The van der Waals surface area contributed by atoms with Gasteiger partial charge in [-0.15, -0.1) is 0 Å². The van der Waals surface area contributed by atoms with E-state index >= 15 is 0 Å². The van der Waals surface area contributed by atoms with Crippen molar-refractivity contribution in [3.8, 4) is 11.3 Å². The van der Waals surface area contributed by atoms with Gasteiger partial charge >= 0.3 is 0 Å². The fourth-order valence-electron chi connectivity index (χ4n) is 3.14. The minimum absolute atomic E-state index is 0.530. The second-order valence-electron chi connectivity index (χ2n) is 6.24. The molecule has 0 saturated carbocycles. The fourth-order valence-corrected chi connectivity index (χ4v) is 3.14. The van der Waals surface area contributed by atoms with Gasteiger partial charge in [0.25, 0.3) is 0 Å². The van der Waals surface area contributed by atoms with Gasteiger partial charge in [-0.3, -0.25) is 0 Å². The first-order chi connectivity index (χ1) is 11.2. The van der Waals surface area contributed by atoms with Crippen LogP contribution in [0.3, 0.4) is 0 Å². The Morgan fingerprint density at radius 2 is 1.91 bits per heavy atom. The van der Waals surface area contributed by atoms with Crippen molar-refractivity contribution in [2.24, 2.45) is 0 Å². The van der Waals surface area contributed by atoms with Crippen LogP contribution in [0.15, 0.2) is 48.7 Å². The Hall–Kier alpha value is -2.40. The second kappa shape index (κ2) is 5.66. The van der Waals surface area contributed by atoms with E-state index < -0.39 is 0 Å². The predicted octanol–water partition coefficient (Wildman–Crippen LogP) is 2.54. The molecule has 0 N–H and O–H groups in total. The number of piperazine rings is 1. The molecule has 5 nitrogen and oxygen atoms in total. The van der Waals surface area contributed by atoms with Crippen LogP contribution in [0.2, 0.25) is 0 Å². The third kappa shape index (κ3) is 2.57. The van der Waals surface area contributed by atoms with E-state index in [0.717, 1.165) is 42.4 Å². The summed E-state index contributed by atoms with van der Waals surface area (Å²) in [6.07, 6.45) is 1.82. The lowest BCUT2D eigenvalue weighted by molar-refractivity contribution is 0.233. The van der Waals surface area contributed by atoms with Crippen molar-refractivity contribution >= 4 is 11.5 Å². The van der Waals surface area contributed by atoms with Gasteiger partial charge in [0.1, 0.15) is 5.82 Å².